The lowest BCUT2D eigenvalue weighted by atomic mass is 10.2. The lowest BCUT2D eigenvalue weighted by Crippen LogP contribution is -2.44. The zero-order valence-electron chi connectivity index (χ0n) is 12.2. The molecule has 0 aliphatic heterocycles. The van der Waals surface area contributed by atoms with Gasteiger partial charge in [-0.15, -0.1) is 0 Å². The highest BCUT2D eigenvalue weighted by molar-refractivity contribution is 5.79. The van der Waals surface area contributed by atoms with Crippen LogP contribution in [0.25, 0.3) is 0 Å². The molecule has 0 fully saturated rings. The largest absolute Gasteiger partial charge is 0.383 e. The molecule has 1 aromatic heterocycles. The fourth-order valence-electron chi connectivity index (χ4n) is 1.69. The molecule has 1 rings (SSSR count). The number of methoxy groups -OCH3 is 1. The average Bonchev–Trinajstić information content (AvgIpc) is 2.40. The highest BCUT2D eigenvalue weighted by atomic mass is 16.5. The maximum Gasteiger partial charge on any atom is 0.191 e. The summed E-state index contributed by atoms with van der Waals surface area (Å²) in [5.41, 5.74) is 2.26. The van der Waals surface area contributed by atoms with Crippen LogP contribution in [0, 0.1) is 6.92 Å². The Labute approximate surface area is 115 Å². The van der Waals surface area contributed by atoms with Gasteiger partial charge in [0, 0.05) is 38.6 Å². The summed E-state index contributed by atoms with van der Waals surface area (Å²) in [5, 5.41) is 6.54. The lowest BCUT2D eigenvalue weighted by molar-refractivity contribution is 0.179. The molecule has 1 aromatic rings. The summed E-state index contributed by atoms with van der Waals surface area (Å²) in [4.78, 5) is 8.46. The quantitative estimate of drug-likeness (QED) is 0.597. The second kappa shape index (κ2) is 8.48. The molecule has 0 spiro atoms. The van der Waals surface area contributed by atoms with E-state index in [2.05, 4.69) is 33.6 Å². The van der Waals surface area contributed by atoms with E-state index in [9.17, 15) is 0 Å². The molecule has 1 atom stereocenters. The van der Waals surface area contributed by atoms with Crippen LogP contribution in [-0.2, 0) is 11.2 Å². The molecule has 0 aliphatic carbocycles. The molecule has 0 aromatic carbocycles. The van der Waals surface area contributed by atoms with Gasteiger partial charge in [-0.2, -0.15) is 0 Å². The second-order valence-electron chi connectivity index (χ2n) is 4.56. The predicted octanol–water partition coefficient (Wildman–Crippen LogP) is 1.13. The van der Waals surface area contributed by atoms with Gasteiger partial charge in [-0.25, -0.2) is 0 Å². The lowest BCUT2D eigenvalue weighted by Gasteiger charge is -2.17. The van der Waals surface area contributed by atoms with Crippen molar-refractivity contribution in [2.24, 2.45) is 4.99 Å². The summed E-state index contributed by atoms with van der Waals surface area (Å²) >= 11 is 0. The molecule has 5 nitrogen and oxygen atoms in total. The predicted molar refractivity (Wildman–Crippen MR) is 78.5 cm³/mol. The molecule has 0 saturated heterocycles. The van der Waals surface area contributed by atoms with Crippen LogP contribution in [-0.4, -0.2) is 44.3 Å². The van der Waals surface area contributed by atoms with Crippen molar-refractivity contribution in [2.45, 2.75) is 26.3 Å². The molecule has 1 heterocycles. The molecule has 1 unspecified atom stereocenters. The second-order valence-corrected chi connectivity index (χ2v) is 4.56. The van der Waals surface area contributed by atoms with Crippen LogP contribution in [0.5, 0.6) is 0 Å². The monoisotopic (exact) mass is 264 g/mol. The van der Waals surface area contributed by atoms with Gasteiger partial charge in [0.15, 0.2) is 5.96 Å². The molecule has 0 amide bonds. The molecule has 106 valence electrons. The highest BCUT2D eigenvalue weighted by Crippen LogP contribution is 1.99. The van der Waals surface area contributed by atoms with Crippen LogP contribution < -0.4 is 10.6 Å². The molecular formula is C14H24N4O. The summed E-state index contributed by atoms with van der Waals surface area (Å²) < 4.78 is 5.08. The number of ether oxygens (including phenoxy) is 1. The van der Waals surface area contributed by atoms with Gasteiger partial charge >= 0.3 is 0 Å². The third-order valence-corrected chi connectivity index (χ3v) is 2.70. The van der Waals surface area contributed by atoms with E-state index in [1.165, 1.54) is 5.56 Å². The van der Waals surface area contributed by atoms with Crippen molar-refractivity contribution in [1.29, 1.82) is 0 Å². The summed E-state index contributed by atoms with van der Waals surface area (Å²) in [5.74, 6) is 0.796. The molecule has 2 N–H and O–H groups in total. The number of nitrogens with zero attached hydrogens (tertiary/aromatic N) is 2. The first kappa shape index (κ1) is 15.4. The van der Waals surface area contributed by atoms with E-state index in [0.717, 1.165) is 24.6 Å². The summed E-state index contributed by atoms with van der Waals surface area (Å²) in [7, 11) is 3.46. The van der Waals surface area contributed by atoms with Crippen molar-refractivity contribution in [3.8, 4) is 0 Å². The van der Waals surface area contributed by atoms with E-state index in [0.29, 0.717) is 6.61 Å². The van der Waals surface area contributed by atoms with E-state index in [-0.39, 0.29) is 6.04 Å². The molecule has 0 radical (unpaired) electrons. The Morgan fingerprint density at radius 2 is 2.26 bits per heavy atom. The van der Waals surface area contributed by atoms with Crippen molar-refractivity contribution in [2.75, 3.05) is 27.3 Å². The van der Waals surface area contributed by atoms with Crippen molar-refractivity contribution in [3.63, 3.8) is 0 Å². The minimum absolute atomic E-state index is 0.234. The Hall–Kier alpha value is -1.62. The SMILES string of the molecule is CN=C(NCCc1ccc(C)nc1)NC(C)COC. The summed E-state index contributed by atoms with van der Waals surface area (Å²) in [6.45, 7) is 5.53. The van der Waals surface area contributed by atoms with Gasteiger partial charge < -0.3 is 15.4 Å². The first-order valence-corrected chi connectivity index (χ1v) is 6.53. The summed E-state index contributed by atoms with van der Waals surface area (Å²) in [6.07, 6.45) is 2.84. The van der Waals surface area contributed by atoms with E-state index >= 15 is 0 Å². The third kappa shape index (κ3) is 6.20. The average molecular weight is 264 g/mol. The Kier molecular flexibility index (Phi) is 6.89. The number of aliphatic imine (C=N–C) groups is 1. The zero-order chi connectivity index (χ0) is 14.1. The van der Waals surface area contributed by atoms with Gasteiger partial charge in [0.2, 0.25) is 0 Å². The number of nitrogens with one attached hydrogen (secondary N) is 2. The Balaban J connectivity index is 2.32. The first-order valence-electron chi connectivity index (χ1n) is 6.53. The van der Waals surface area contributed by atoms with Crippen LogP contribution in [0.15, 0.2) is 23.3 Å². The number of pyridine rings is 1. The molecule has 0 saturated carbocycles. The maximum absolute atomic E-state index is 5.08. The molecule has 19 heavy (non-hydrogen) atoms. The molecule has 5 heteroatoms. The van der Waals surface area contributed by atoms with E-state index in [4.69, 9.17) is 4.74 Å². The normalized spacial score (nSPS) is 13.2. The maximum atomic E-state index is 5.08. The first-order chi connectivity index (χ1) is 9.15. The van der Waals surface area contributed by atoms with Gasteiger partial charge in [-0.05, 0) is 31.9 Å². The Morgan fingerprint density at radius 3 is 2.84 bits per heavy atom. The minimum atomic E-state index is 0.234. The van der Waals surface area contributed by atoms with Crippen molar-refractivity contribution in [1.82, 2.24) is 15.6 Å². The van der Waals surface area contributed by atoms with Crippen LogP contribution in [0.2, 0.25) is 0 Å². The van der Waals surface area contributed by atoms with E-state index in [1.54, 1.807) is 14.2 Å². The number of aryl methyl sites for hydroxylation is 1. The molecular weight excluding hydrogens is 240 g/mol. The van der Waals surface area contributed by atoms with E-state index < -0.39 is 0 Å². The number of hydrogen-bond acceptors (Lipinski definition) is 3. The minimum Gasteiger partial charge on any atom is -0.383 e. The van der Waals surface area contributed by atoms with Crippen molar-refractivity contribution >= 4 is 5.96 Å². The molecule has 0 bridgehead atoms. The van der Waals surface area contributed by atoms with Crippen LogP contribution >= 0.6 is 0 Å². The van der Waals surface area contributed by atoms with Gasteiger partial charge in [-0.3, -0.25) is 9.98 Å². The number of hydrogen-bond donors (Lipinski definition) is 2. The number of rotatable bonds is 6. The highest BCUT2D eigenvalue weighted by Gasteiger charge is 2.04. The van der Waals surface area contributed by atoms with Crippen LogP contribution in [0.4, 0.5) is 0 Å². The fraction of sp³-hybridized carbons (Fsp3) is 0.571. The standard InChI is InChI=1S/C14H24N4O/c1-11-5-6-13(9-17-11)7-8-16-14(15-3)18-12(2)10-19-4/h5-6,9,12H,7-8,10H2,1-4H3,(H2,15,16,18). The van der Waals surface area contributed by atoms with Crippen LogP contribution in [0.1, 0.15) is 18.2 Å². The number of guanidine groups is 1. The van der Waals surface area contributed by atoms with Gasteiger partial charge in [-0.1, -0.05) is 6.07 Å². The summed E-state index contributed by atoms with van der Waals surface area (Å²) in [6, 6.07) is 4.37. The van der Waals surface area contributed by atoms with Gasteiger partial charge in [0.1, 0.15) is 0 Å². The number of aromatic nitrogens is 1. The van der Waals surface area contributed by atoms with Gasteiger partial charge in [0.05, 0.1) is 6.61 Å². The Bertz CT molecular complexity index is 389. The molecule has 0 aliphatic rings. The Morgan fingerprint density at radius 1 is 1.47 bits per heavy atom. The van der Waals surface area contributed by atoms with E-state index in [1.807, 2.05) is 19.2 Å². The van der Waals surface area contributed by atoms with Crippen molar-refractivity contribution in [3.05, 3.63) is 29.6 Å². The smallest absolute Gasteiger partial charge is 0.191 e. The zero-order valence-corrected chi connectivity index (χ0v) is 12.2. The topological polar surface area (TPSA) is 58.5 Å². The third-order valence-electron chi connectivity index (χ3n) is 2.70. The van der Waals surface area contributed by atoms with Gasteiger partial charge in [0.25, 0.3) is 0 Å². The van der Waals surface area contributed by atoms with Crippen molar-refractivity contribution < 1.29 is 4.74 Å². The van der Waals surface area contributed by atoms with Crippen LogP contribution in [0.3, 0.4) is 0 Å². The fourth-order valence-corrected chi connectivity index (χ4v) is 1.69.